The minimum absolute atomic E-state index is 0.147. The number of ether oxygens (including phenoxy) is 1. The third-order valence-electron chi connectivity index (χ3n) is 3.57. The summed E-state index contributed by atoms with van der Waals surface area (Å²) in [6.45, 7) is 2.49. The van der Waals surface area contributed by atoms with E-state index in [1.165, 1.54) is 0 Å². The second kappa shape index (κ2) is 4.61. The van der Waals surface area contributed by atoms with Gasteiger partial charge in [0.05, 0.1) is 13.4 Å². The summed E-state index contributed by atoms with van der Waals surface area (Å²) in [6.07, 6.45) is 3.74. The Hall–Kier alpha value is -1.97. The van der Waals surface area contributed by atoms with Crippen LogP contribution in [0.4, 0.5) is 0 Å². The lowest BCUT2D eigenvalue weighted by molar-refractivity contribution is -0.122. The van der Waals surface area contributed by atoms with Crippen molar-refractivity contribution in [1.82, 2.24) is 5.32 Å². The maximum Gasteiger partial charge on any atom is 0.223 e. The number of methoxy groups -OCH3 is 1. The molecule has 1 fully saturated rings. The predicted molar refractivity (Wildman–Crippen MR) is 72.1 cm³/mol. The normalized spacial score (nSPS) is 14.6. The number of fused-ring (bicyclic) bond motifs is 1. The van der Waals surface area contributed by atoms with E-state index in [-0.39, 0.29) is 11.8 Å². The maximum atomic E-state index is 11.6. The molecule has 1 aliphatic rings. The van der Waals surface area contributed by atoms with E-state index in [2.05, 4.69) is 5.32 Å². The average molecular weight is 259 g/mol. The van der Waals surface area contributed by atoms with Crippen molar-refractivity contribution in [3.8, 4) is 5.75 Å². The monoisotopic (exact) mass is 259 g/mol. The molecule has 1 aromatic heterocycles. The van der Waals surface area contributed by atoms with Gasteiger partial charge in [-0.3, -0.25) is 4.79 Å². The molecule has 1 saturated carbocycles. The topological polar surface area (TPSA) is 51.5 Å². The van der Waals surface area contributed by atoms with Crippen LogP contribution in [0.15, 0.2) is 22.8 Å². The van der Waals surface area contributed by atoms with Crippen LogP contribution < -0.4 is 10.1 Å². The second-order valence-corrected chi connectivity index (χ2v) is 5.07. The van der Waals surface area contributed by atoms with Crippen LogP contribution in [0.5, 0.6) is 5.75 Å². The molecule has 0 aliphatic heterocycles. The van der Waals surface area contributed by atoms with Crippen LogP contribution >= 0.6 is 0 Å². The number of carbonyl (C=O) groups excluding carboxylic acids is 1. The van der Waals surface area contributed by atoms with Crippen LogP contribution in [0.1, 0.15) is 24.0 Å². The van der Waals surface area contributed by atoms with E-state index in [9.17, 15) is 4.79 Å². The van der Waals surface area contributed by atoms with Gasteiger partial charge in [0.2, 0.25) is 5.91 Å². The van der Waals surface area contributed by atoms with E-state index in [4.69, 9.17) is 9.15 Å². The van der Waals surface area contributed by atoms with E-state index in [1.807, 2.05) is 19.1 Å². The predicted octanol–water partition coefficient (Wildman–Crippen LogP) is 2.78. The number of nitrogens with one attached hydrogen (secondary N) is 1. The molecule has 4 heteroatoms. The largest absolute Gasteiger partial charge is 0.496 e. The summed E-state index contributed by atoms with van der Waals surface area (Å²) in [7, 11) is 1.66. The standard InChI is InChI=1S/C15H17NO3/c1-9-5-14-12(6-13(9)18-2)11(8-19-14)7-16-15(17)10-3-4-10/h5-6,8,10H,3-4,7H2,1-2H3,(H,16,17). The fraction of sp³-hybridized carbons (Fsp3) is 0.400. The third-order valence-corrected chi connectivity index (χ3v) is 3.57. The highest BCUT2D eigenvalue weighted by molar-refractivity contribution is 5.85. The maximum absolute atomic E-state index is 11.6. The summed E-state index contributed by atoms with van der Waals surface area (Å²) >= 11 is 0. The van der Waals surface area contributed by atoms with E-state index >= 15 is 0 Å². The lowest BCUT2D eigenvalue weighted by Gasteiger charge is -2.05. The Balaban J connectivity index is 1.84. The van der Waals surface area contributed by atoms with Gasteiger partial charge in [-0.1, -0.05) is 0 Å². The third kappa shape index (κ3) is 2.30. The van der Waals surface area contributed by atoms with E-state index < -0.39 is 0 Å². The van der Waals surface area contributed by atoms with Gasteiger partial charge in [0.25, 0.3) is 0 Å². The Kier molecular flexibility index (Phi) is 2.93. The molecule has 1 N–H and O–H groups in total. The molecule has 2 aromatic rings. The minimum atomic E-state index is 0.147. The van der Waals surface area contributed by atoms with Gasteiger partial charge in [-0.05, 0) is 37.5 Å². The first-order valence-electron chi connectivity index (χ1n) is 6.51. The molecule has 100 valence electrons. The molecule has 0 unspecified atom stereocenters. The first-order chi connectivity index (χ1) is 9.19. The number of carbonyl (C=O) groups is 1. The summed E-state index contributed by atoms with van der Waals surface area (Å²) in [6, 6.07) is 3.92. The number of hydrogen-bond donors (Lipinski definition) is 1. The highest BCUT2D eigenvalue weighted by Crippen LogP contribution is 2.30. The molecule has 19 heavy (non-hydrogen) atoms. The molecular formula is C15H17NO3. The van der Waals surface area contributed by atoms with Crippen LogP contribution in [0.2, 0.25) is 0 Å². The van der Waals surface area contributed by atoms with E-state index in [1.54, 1.807) is 13.4 Å². The lowest BCUT2D eigenvalue weighted by Crippen LogP contribution is -2.23. The molecule has 0 saturated heterocycles. The Bertz CT molecular complexity index is 626. The summed E-state index contributed by atoms with van der Waals surface area (Å²) in [4.78, 5) is 11.6. The molecule has 3 rings (SSSR count). The summed E-state index contributed by atoms with van der Waals surface area (Å²) in [5.74, 6) is 1.21. The smallest absolute Gasteiger partial charge is 0.223 e. The number of benzene rings is 1. The van der Waals surface area contributed by atoms with E-state index in [0.29, 0.717) is 6.54 Å². The van der Waals surface area contributed by atoms with E-state index in [0.717, 1.165) is 40.7 Å². The molecule has 0 atom stereocenters. The fourth-order valence-electron chi connectivity index (χ4n) is 2.24. The SMILES string of the molecule is COc1cc2c(CNC(=O)C3CC3)coc2cc1C. The van der Waals surface area contributed by atoms with Crippen molar-refractivity contribution >= 4 is 16.9 Å². The average Bonchev–Trinajstić information content (AvgIpc) is 3.18. The molecular weight excluding hydrogens is 242 g/mol. The summed E-state index contributed by atoms with van der Waals surface area (Å²) < 4.78 is 10.9. The Labute approximate surface area is 111 Å². The molecule has 0 spiro atoms. The molecule has 1 heterocycles. The van der Waals surface area contributed by atoms with Crippen LogP contribution in [0, 0.1) is 12.8 Å². The number of furan rings is 1. The quantitative estimate of drug-likeness (QED) is 0.918. The summed E-state index contributed by atoms with van der Waals surface area (Å²) in [5.41, 5.74) is 2.86. The van der Waals surface area contributed by atoms with Crippen LogP contribution in [0.3, 0.4) is 0 Å². The Morgan fingerprint density at radius 1 is 1.47 bits per heavy atom. The molecule has 0 bridgehead atoms. The molecule has 0 radical (unpaired) electrons. The lowest BCUT2D eigenvalue weighted by atomic mass is 10.1. The van der Waals surface area contributed by atoms with Crippen molar-refractivity contribution in [2.75, 3.05) is 7.11 Å². The molecule has 4 nitrogen and oxygen atoms in total. The van der Waals surface area contributed by atoms with Crippen molar-refractivity contribution in [1.29, 1.82) is 0 Å². The minimum Gasteiger partial charge on any atom is -0.496 e. The van der Waals surface area contributed by atoms with Crippen molar-refractivity contribution in [2.24, 2.45) is 5.92 Å². The van der Waals surface area contributed by atoms with Gasteiger partial charge in [0.15, 0.2) is 0 Å². The fourth-order valence-corrected chi connectivity index (χ4v) is 2.24. The number of hydrogen-bond acceptors (Lipinski definition) is 3. The van der Waals surface area contributed by atoms with Gasteiger partial charge in [-0.25, -0.2) is 0 Å². The highest BCUT2D eigenvalue weighted by atomic mass is 16.5. The molecule has 1 amide bonds. The van der Waals surface area contributed by atoms with Crippen molar-refractivity contribution in [3.05, 3.63) is 29.5 Å². The molecule has 1 aromatic carbocycles. The van der Waals surface area contributed by atoms with Crippen LogP contribution in [-0.2, 0) is 11.3 Å². The highest BCUT2D eigenvalue weighted by Gasteiger charge is 2.29. The number of aryl methyl sites for hydroxylation is 1. The Morgan fingerprint density at radius 2 is 2.26 bits per heavy atom. The zero-order valence-electron chi connectivity index (χ0n) is 11.2. The van der Waals surface area contributed by atoms with Gasteiger partial charge < -0.3 is 14.5 Å². The first kappa shape index (κ1) is 12.1. The van der Waals surface area contributed by atoms with Gasteiger partial charge in [0.1, 0.15) is 11.3 Å². The van der Waals surface area contributed by atoms with Gasteiger partial charge in [-0.15, -0.1) is 0 Å². The van der Waals surface area contributed by atoms with Crippen molar-refractivity contribution < 1.29 is 13.9 Å². The van der Waals surface area contributed by atoms with Crippen molar-refractivity contribution in [2.45, 2.75) is 26.3 Å². The van der Waals surface area contributed by atoms with Gasteiger partial charge in [-0.2, -0.15) is 0 Å². The first-order valence-corrected chi connectivity index (χ1v) is 6.51. The summed E-state index contributed by atoms with van der Waals surface area (Å²) in [5, 5.41) is 3.95. The van der Waals surface area contributed by atoms with Crippen LogP contribution in [0.25, 0.3) is 11.0 Å². The van der Waals surface area contributed by atoms with Crippen molar-refractivity contribution in [3.63, 3.8) is 0 Å². The van der Waals surface area contributed by atoms with Gasteiger partial charge >= 0.3 is 0 Å². The number of amides is 1. The Morgan fingerprint density at radius 3 is 2.95 bits per heavy atom. The zero-order chi connectivity index (χ0) is 13.4. The van der Waals surface area contributed by atoms with Gasteiger partial charge in [0, 0.05) is 23.4 Å². The number of rotatable bonds is 4. The second-order valence-electron chi connectivity index (χ2n) is 5.07. The van der Waals surface area contributed by atoms with Crippen LogP contribution in [-0.4, -0.2) is 13.0 Å². The zero-order valence-corrected chi connectivity index (χ0v) is 11.2. The molecule has 1 aliphatic carbocycles.